The molecular formula is C29H33Cl2NO5S. The summed E-state index contributed by atoms with van der Waals surface area (Å²) in [5.41, 5.74) is 0.595. The molecule has 2 aliphatic carbocycles. The third-order valence-electron chi connectivity index (χ3n) is 8.59. The van der Waals surface area contributed by atoms with Crippen molar-refractivity contribution in [2.24, 2.45) is 11.3 Å². The smallest absolute Gasteiger partial charge is 0.304 e. The molecule has 4 atom stereocenters. The van der Waals surface area contributed by atoms with E-state index in [1.54, 1.807) is 23.1 Å². The fourth-order valence-corrected chi connectivity index (χ4v) is 8.60. The molecular weight excluding hydrogens is 545 g/mol. The molecule has 5 rings (SSSR count). The summed E-state index contributed by atoms with van der Waals surface area (Å²) in [5.74, 6) is -1.60. The largest absolute Gasteiger partial charge is 0.481 e. The molecule has 0 spiro atoms. The second kappa shape index (κ2) is 10.5. The zero-order valence-corrected chi connectivity index (χ0v) is 23.7. The van der Waals surface area contributed by atoms with Crippen LogP contribution < -0.4 is 0 Å². The minimum atomic E-state index is -3.38. The van der Waals surface area contributed by atoms with Crippen LogP contribution in [0, 0.1) is 11.3 Å². The molecule has 2 aromatic rings. The van der Waals surface area contributed by atoms with Crippen LogP contribution in [0.1, 0.15) is 75.0 Å². The first-order valence-electron chi connectivity index (χ1n) is 13.3. The van der Waals surface area contributed by atoms with Gasteiger partial charge in [0, 0.05) is 22.0 Å². The zero-order valence-electron chi connectivity index (χ0n) is 21.4. The van der Waals surface area contributed by atoms with Crippen LogP contribution in [-0.4, -0.2) is 47.3 Å². The minimum absolute atomic E-state index is 0.0692. The minimum Gasteiger partial charge on any atom is -0.481 e. The molecule has 1 amide bonds. The van der Waals surface area contributed by atoms with E-state index in [4.69, 9.17) is 23.2 Å². The fraction of sp³-hybridized carbons (Fsp3) is 0.517. The predicted octanol–water partition coefficient (Wildman–Crippen LogP) is 6.28. The fourth-order valence-electron chi connectivity index (χ4n) is 6.24. The van der Waals surface area contributed by atoms with Crippen molar-refractivity contribution >= 4 is 44.9 Å². The van der Waals surface area contributed by atoms with Crippen LogP contribution in [-0.2, 0) is 19.4 Å². The van der Waals surface area contributed by atoms with Gasteiger partial charge in [-0.25, -0.2) is 8.42 Å². The molecule has 1 saturated heterocycles. The summed E-state index contributed by atoms with van der Waals surface area (Å²) in [5, 5.41) is 10.7. The molecule has 2 aromatic carbocycles. The van der Waals surface area contributed by atoms with E-state index in [1.807, 2.05) is 37.3 Å². The third-order valence-corrected chi connectivity index (χ3v) is 11.4. The Balaban J connectivity index is 1.70. The number of carboxylic acid groups (broad SMARTS) is 1. The molecule has 3 fully saturated rings. The normalized spacial score (nSPS) is 26.8. The number of sulfone groups is 1. The van der Waals surface area contributed by atoms with Gasteiger partial charge in [-0.2, -0.15) is 0 Å². The van der Waals surface area contributed by atoms with Crippen LogP contribution in [0.25, 0.3) is 0 Å². The van der Waals surface area contributed by atoms with E-state index in [0.29, 0.717) is 35.7 Å². The van der Waals surface area contributed by atoms with Gasteiger partial charge in [-0.05, 0) is 79.8 Å². The predicted molar refractivity (Wildman–Crippen MR) is 148 cm³/mol. The quantitative estimate of drug-likeness (QED) is 0.359. The summed E-state index contributed by atoms with van der Waals surface area (Å²) in [4.78, 5) is 28.5. The summed E-state index contributed by atoms with van der Waals surface area (Å²) in [6.45, 7) is 1.85. The summed E-state index contributed by atoms with van der Waals surface area (Å²) in [7, 11) is -3.38. The molecule has 0 bridgehead atoms. The van der Waals surface area contributed by atoms with Crippen molar-refractivity contribution in [2.45, 2.75) is 75.1 Å². The first-order chi connectivity index (χ1) is 18.0. The summed E-state index contributed by atoms with van der Waals surface area (Å²) in [6, 6.07) is 13.8. The summed E-state index contributed by atoms with van der Waals surface area (Å²) >= 11 is 12.6. The van der Waals surface area contributed by atoms with Gasteiger partial charge in [-0.1, -0.05) is 54.4 Å². The Morgan fingerprint density at radius 2 is 1.74 bits per heavy atom. The lowest BCUT2D eigenvalue weighted by molar-refractivity contribution is -0.162. The monoisotopic (exact) mass is 577 g/mol. The van der Waals surface area contributed by atoms with Gasteiger partial charge in [0.1, 0.15) is 0 Å². The molecule has 6 nitrogen and oxygen atoms in total. The second-order valence-electron chi connectivity index (χ2n) is 11.2. The Hall–Kier alpha value is -2.09. The average molecular weight is 579 g/mol. The molecule has 204 valence electrons. The van der Waals surface area contributed by atoms with Crippen molar-refractivity contribution in [3.8, 4) is 0 Å². The number of hydrogen-bond donors (Lipinski definition) is 1. The topological polar surface area (TPSA) is 91.8 Å². The van der Waals surface area contributed by atoms with Crippen molar-refractivity contribution in [1.82, 2.24) is 4.90 Å². The van der Waals surface area contributed by atoms with E-state index < -0.39 is 33.3 Å². The highest BCUT2D eigenvalue weighted by atomic mass is 35.5. The van der Waals surface area contributed by atoms with Crippen LogP contribution in [0.15, 0.2) is 48.5 Å². The zero-order chi connectivity index (χ0) is 27.2. The molecule has 4 unspecified atom stereocenters. The van der Waals surface area contributed by atoms with E-state index in [0.717, 1.165) is 24.0 Å². The lowest BCUT2D eigenvalue weighted by atomic mass is 9.65. The van der Waals surface area contributed by atoms with E-state index in [1.165, 1.54) is 0 Å². The van der Waals surface area contributed by atoms with Crippen molar-refractivity contribution in [3.63, 3.8) is 0 Å². The van der Waals surface area contributed by atoms with E-state index in [2.05, 4.69) is 0 Å². The first kappa shape index (κ1) is 27.5. The number of carbonyl (C=O) groups excluding carboxylic acids is 1. The van der Waals surface area contributed by atoms with Crippen LogP contribution in [0.5, 0.6) is 0 Å². The van der Waals surface area contributed by atoms with Crippen molar-refractivity contribution in [1.29, 1.82) is 0 Å². The Labute approximate surface area is 234 Å². The van der Waals surface area contributed by atoms with Gasteiger partial charge in [-0.3, -0.25) is 9.59 Å². The highest BCUT2D eigenvalue weighted by Crippen LogP contribution is 2.55. The van der Waals surface area contributed by atoms with Crippen molar-refractivity contribution < 1.29 is 23.1 Å². The number of hydrogen-bond acceptors (Lipinski definition) is 4. The number of likely N-dealkylation sites (tertiary alicyclic amines) is 1. The number of nitrogens with zero attached hydrogens (tertiary/aromatic N) is 1. The number of carboxylic acids is 1. The Bertz CT molecular complexity index is 1320. The molecule has 9 heteroatoms. The Morgan fingerprint density at radius 3 is 2.29 bits per heavy atom. The van der Waals surface area contributed by atoms with Crippen LogP contribution in [0.3, 0.4) is 0 Å². The average Bonchev–Trinajstić information content (AvgIpc) is 3.76. The number of benzene rings is 2. The highest BCUT2D eigenvalue weighted by molar-refractivity contribution is 7.92. The number of carbonyl (C=O) groups is 2. The van der Waals surface area contributed by atoms with Gasteiger partial charge in [-0.15, -0.1) is 0 Å². The molecule has 38 heavy (non-hydrogen) atoms. The number of piperidine rings is 1. The van der Waals surface area contributed by atoms with Crippen LogP contribution in [0.2, 0.25) is 10.0 Å². The van der Waals surface area contributed by atoms with Gasteiger partial charge < -0.3 is 10.0 Å². The SMILES string of the molecule is CCC1(CC(=O)O)CC(c2cccc(Cl)c2)C(c2ccc(Cl)cc2)N(C(CS(=O)(=O)C2CC2)C2CC2)C1=O. The lowest BCUT2D eigenvalue weighted by Crippen LogP contribution is -2.59. The van der Waals surface area contributed by atoms with Gasteiger partial charge in [0.15, 0.2) is 9.84 Å². The van der Waals surface area contributed by atoms with E-state index in [-0.39, 0.29) is 35.2 Å². The molecule has 1 aliphatic heterocycles. The number of aliphatic carboxylic acids is 1. The molecule has 1 N–H and O–H groups in total. The van der Waals surface area contributed by atoms with E-state index in [9.17, 15) is 23.1 Å². The summed E-state index contributed by atoms with van der Waals surface area (Å²) in [6.07, 6.45) is 3.38. The second-order valence-corrected chi connectivity index (χ2v) is 14.4. The third kappa shape index (κ3) is 5.47. The maximum Gasteiger partial charge on any atom is 0.304 e. The number of amides is 1. The molecule has 0 aromatic heterocycles. The Kier molecular flexibility index (Phi) is 7.57. The van der Waals surface area contributed by atoms with E-state index >= 15 is 0 Å². The van der Waals surface area contributed by atoms with Crippen LogP contribution in [0.4, 0.5) is 0 Å². The molecule has 0 radical (unpaired) electrons. The van der Waals surface area contributed by atoms with Crippen LogP contribution >= 0.6 is 23.2 Å². The summed E-state index contributed by atoms with van der Waals surface area (Å²) < 4.78 is 26.6. The molecule has 3 aliphatic rings. The van der Waals surface area contributed by atoms with Crippen molar-refractivity contribution in [2.75, 3.05) is 5.75 Å². The molecule has 1 heterocycles. The highest BCUT2D eigenvalue weighted by Gasteiger charge is 2.56. The maximum atomic E-state index is 14.6. The maximum absolute atomic E-state index is 14.6. The number of halogens is 2. The first-order valence-corrected chi connectivity index (χ1v) is 15.8. The van der Waals surface area contributed by atoms with Crippen molar-refractivity contribution in [3.05, 3.63) is 69.7 Å². The number of rotatable bonds is 10. The van der Waals surface area contributed by atoms with Gasteiger partial charge in [0.2, 0.25) is 5.91 Å². The van der Waals surface area contributed by atoms with Gasteiger partial charge >= 0.3 is 5.97 Å². The van der Waals surface area contributed by atoms with Gasteiger partial charge in [0.25, 0.3) is 0 Å². The van der Waals surface area contributed by atoms with Gasteiger partial charge in [0.05, 0.1) is 28.9 Å². The Morgan fingerprint density at radius 1 is 1.05 bits per heavy atom. The lowest BCUT2D eigenvalue weighted by Gasteiger charge is -2.53. The molecule has 2 saturated carbocycles. The standard InChI is InChI=1S/C29H33Cl2NO5S/c1-2-29(16-26(33)34)15-24(20-4-3-5-22(31)14-20)27(19-8-10-21(30)11-9-19)32(28(29)35)25(18-6-7-18)17-38(36,37)23-12-13-23/h3-5,8-11,14,18,23-25,27H,2,6-7,12-13,15-17H2,1H3,(H,33,34).